The number of nitrogens with two attached hydrogens (primary N) is 1. The zero-order valence-electron chi connectivity index (χ0n) is 11.2. The number of carbonyl (C=O) groups excluding carboxylic acids is 1. The highest BCUT2D eigenvalue weighted by molar-refractivity contribution is 5.85. The van der Waals surface area contributed by atoms with Crippen molar-refractivity contribution in [3.05, 3.63) is 0 Å². The number of amides is 1. The molecule has 18 heavy (non-hydrogen) atoms. The quantitative estimate of drug-likeness (QED) is 0.805. The third kappa shape index (κ3) is 3.84. The zero-order chi connectivity index (χ0) is 12.3. The van der Waals surface area contributed by atoms with E-state index in [4.69, 9.17) is 5.73 Å². The molecular formula is C13H26ClN3O. The molecule has 1 saturated carbocycles. The lowest BCUT2D eigenvalue weighted by Gasteiger charge is -2.29. The van der Waals surface area contributed by atoms with Gasteiger partial charge in [-0.3, -0.25) is 9.69 Å². The minimum absolute atomic E-state index is 0. The molecule has 0 bridgehead atoms. The minimum Gasteiger partial charge on any atom is -0.355 e. The number of hydrogen-bond acceptors (Lipinski definition) is 3. The summed E-state index contributed by atoms with van der Waals surface area (Å²) in [5.41, 5.74) is 6.17. The Morgan fingerprint density at radius 2 is 2.17 bits per heavy atom. The van der Waals surface area contributed by atoms with E-state index in [0.717, 1.165) is 38.4 Å². The van der Waals surface area contributed by atoms with Crippen LogP contribution < -0.4 is 11.1 Å². The van der Waals surface area contributed by atoms with Crippen LogP contribution in [-0.2, 0) is 4.79 Å². The van der Waals surface area contributed by atoms with Gasteiger partial charge in [-0.25, -0.2) is 0 Å². The van der Waals surface area contributed by atoms with Crippen LogP contribution in [0.15, 0.2) is 0 Å². The van der Waals surface area contributed by atoms with Gasteiger partial charge >= 0.3 is 0 Å². The molecule has 4 nitrogen and oxygen atoms in total. The topological polar surface area (TPSA) is 58.4 Å². The fourth-order valence-electron chi connectivity index (χ4n) is 3.26. The van der Waals surface area contributed by atoms with Crippen LogP contribution in [0.5, 0.6) is 0 Å². The molecule has 0 spiro atoms. The van der Waals surface area contributed by atoms with Crippen molar-refractivity contribution in [2.75, 3.05) is 26.2 Å². The number of likely N-dealkylation sites (tertiary alicyclic amines) is 1. The lowest BCUT2D eigenvalue weighted by atomic mass is 9.78. The first-order valence-corrected chi connectivity index (χ1v) is 6.95. The number of rotatable bonds is 4. The molecule has 0 radical (unpaired) electrons. The molecule has 5 heteroatoms. The molecule has 2 fully saturated rings. The maximum atomic E-state index is 11.7. The number of carbonyl (C=O) groups is 1. The second-order valence-electron chi connectivity index (χ2n) is 5.56. The van der Waals surface area contributed by atoms with Gasteiger partial charge in [0.15, 0.2) is 0 Å². The van der Waals surface area contributed by atoms with Crippen molar-refractivity contribution >= 4 is 18.3 Å². The lowest BCUT2D eigenvalue weighted by molar-refractivity contribution is -0.122. The minimum atomic E-state index is 0. The molecule has 0 aromatic rings. The highest BCUT2D eigenvalue weighted by Crippen LogP contribution is 2.35. The Morgan fingerprint density at radius 3 is 2.83 bits per heavy atom. The molecule has 106 valence electrons. The van der Waals surface area contributed by atoms with E-state index in [0.29, 0.717) is 18.5 Å². The molecule has 0 aromatic heterocycles. The zero-order valence-corrected chi connectivity index (χ0v) is 12.0. The fraction of sp³-hybridized carbons (Fsp3) is 0.923. The van der Waals surface area contributed by atoms with Crippen LogP contribution in [0, 0.1) is 11.8 Å². The van der Waals surface area contributed by atoms with Gasteiger partial charge in [0.1, 0.15) is 0 Å². The van der Waals surface area contributed by atoms with E-state index < -0.39 is 0 Å². The summed E-state index contributed by atoms with van der Waals surface area (Å²) in [6, 6.07) is 0.359. The highest BCUT2D eigenvalue weighted by atomic mass is 35.5. The largest absolute Gasteiger partial charge is 0.355 e. The van der Waals surface area contributed by atoms with Gasteiger partial charge in [0, 0.05) is 25.7 Å². The lowest BCUT2D eigenvalue weighted by Crippen LogP contribution is -2.39. The third-order valence-corrected chi connectivity index (χ3v) is 4.17. The Morgan fingerprint density at radius 1 is 1.39 bits per heavy atom. The first kappa shape index (κ1) is 15.7. The summed E-state index contributed by atoms with van der Waals surface area (Å²) in [5.74, 6) is 1.53. The van der Waals surface area contributed by atoms with Gasteiger partial charge in [0.25, 0.3) is 0 Å². The molecule has 3 N–H and O–H groups in total. The molecule has 1 heterocycles. The van der Waals surface area contributed by atoms with Crippen LogP contribution in [0.4, 0.5) is 0 Å². The van der Waals surface area contributed by atoms with E-state index in [-0.39, 0.29) is 18.3 Å². The summed E-state index contributed by atoms with van der Waals surface area (Å²) < 4.78 is 0. The number of hydrogen-bond donors (Lipinski definition) is 2. The van der Waals surface area contributed by atoms with Crippen molar-refractivity contribution in [3.8, 4) is 0 Å². The van der Waals surface area contributed by atoms with Crippen molar-refractivity contribution in [1.82, 2.24) is 10.2 Å². The monoisotopic (exact) mass is 275 g/mol. The van der Waals surface area contributed by atoms with Crippen LogP contribution in [-0.4, -0.2) is 43.0 Å². The average Bonchev–Trinajstić information content (AvgIpc) is 2.70. The van der Waals surface area contributed by atoms with Gasteiger partial charge in [-0.05, 0) is 31.1 Å². The second-order valence-corrected chi connectivity index (χ2v) is 5.56. The van der Waals surface area contributed by atoms with E-state index >= 15 is 0 Å². The molecule has 1 amide bonds. The van der Waals surface area contributed by atoms with Gasteiger partial charge < -0.3 is 11.1 Å². The second kappa shape index (κ2) is 7.31. The smallest absolute Gasteiger partial charge is 0.234 e. The Balaban J connectivity index is 0.00000162. The van der Waals surface area contributed by atoms with Crippen LogP contribution in [0.25, 0.3) is 0 Å². The molecule has 1 saturated heterocycles. The van der Waals surface area contributed by atoms with Crippen molar-refractivity contribution < 1.29 is 4.79 Å². The molecule has 1 aliphatic carbocycles. The normalized spacial score (nSPS) is 31.6. The first-order chi connectivity index (χ1) is 8.20. The number of nitrogens with one attached hydrogen (secondary N) is 1. The average molecular weight is 276 g/mol. The predicted octanol–water partition coefficient (Wildman–Crippen LogP) is 0.994. The van der Waals surface area contributed by atoms with E-state index in [1.54, 1.807) is 0 Å². The first-order valence-electron chi connectivity index (χ1n) is 6.95. The molecule has 1 aliphatic heterocycles. The van der Waals surface area contributed by atoms with E-state index in [9.17, 15) is 4.79 Å². The van der Waals surface area contributed by atoms with E-state index in [2.05, 4.69) is 17.1 Å². The molecule has 3 atom stereocenters. The number of halogens is 1. The Labute approximate surface area is 116 Å². The Hall–Kier alpha value is -0.320. The summed E-state index contributed by atoms with van der Waals surface area (Å²) in [6.07, 6.45) is 4.72. The molecule has 2 rings (SSSR count). The van der Waals surface area contributed by atoms with Crippen molar-refractivity contribution in [3.63, 3.8) is 0 Å². The van der Waals surface area contributed by atoms with Gasteiger partial charge in [-0.15, -0.1) is 12.4 Å². The van der Waals surface area contributed by atoms with Gasteiger partial charge in [-0.2, -0.15) is 0 Å². The van der Waals surface area contributed by atoms with Crippen LogP contribution >= 0.6 is 12.4 Å². The predicted molar refractivity (Wildman–Crippen MR) is 75.8 cm³/mol. The van der Waals surface area contributed by atoms with Gasteiger partial charge in [0.2, 0.25) is 5.91 Å². The SMILES string of the molecule is CCCNC(=O)CN1CC2CCCC(N)C2C1.Cl. The summed E-state index contributed by atoms with van der Waals surface area (Å²) >= 11 is 0. The third-order valence-electron chi connectivity index (χ3n) is 4.17. The number of nitrogens with zero attached hydrogens (tertiary/aromatic N) is 1. The number of fused-ring (bicyclic) bond motifs is 1. The van der Waals surface area contributed by atoms with Crippen molar-refractivity contribution in [1.29, 1.82) is 0 Å². The summed E-state index contributed by atoms with van der Waals surface area (Å²) in [5, 5.41) is 2.94. The Kier molecular flexibility index (Phi) is 6.39. The van der Waals surface area contributed by atoms with Crippen LogP contribution in [0.3, 0.4) is 0 Å². The highest BCUT2D eigenvalue weighted by Gasteiger charge is 2.38. The molecular weight excluding hydrogens is 250 g/mol. The van der Waals surface area contributed by atoms with Crippen molar-refractivity contribution in [2.45, 2.75) is 38.6 Å². The van der Waals surface area contributed by atoms with E-state index in [1.807, 2.05) is 0 Å². The summed E-state index contributed by atoms with van der Waals surface area (Å²) in [6.45, 7) is 5.51. The molecule has 2 aliphatic rings. The van der Waals surface area contributed by atoms with Crippen LogP contribution in [0.2, 0.25) is 0 Å². The maximum absolute atomic E-state index is 11.7. The van der Waals surface area contributed by atoms with E-state index in [1.165, 1.54) is 12.8 Å². The molecule has 0 aromatic carbocycles. The fourth-order valence-corrected chi connectivity index (χ4v) is 3.26. The van der Waals surface area contributed by atoms with Gasteiger partial charge in [0.05, 0.1) is 6.54 Å². The standard InChI is InChI=1S/C13H25N3O.ClH/c1-2-6-15-13(17)9-16-7-10-4-3-5-12(14)11(10)8-16;/h10-12H,2-9,14H2,1H3,(H,15,17);1H. The van der Waals surface area contributed by atoms with Crippen molar-refractivity contribution in [2.24, 2.45) is 17.6 Å². The maximum Gasteiger partial charge on any atom is 0.234 e. The summed E-state index contributed by atoms with van der Waals surface area (Å²) in [4.78, 5) is 13.9. The summed E-state index contributed by atoms with van der Waals surface area (Å²) in [7, 11) is 0. The van der Waals surface area contributed by atoms with Gasteiger partial charge in [-0.1, -0.05) is 13.3 Å². The Bertz CT molecular complexity index is 275. The van der Waals surface area contributed by atoms with Crippen LogP contribution in [0.1, 0.15) is 32.6 Å². The molecule has 3 unspecified atom stereocenters.